The molecule has 148 valence electrons. The van der Waals surface area contributed by atoms with Crippen LogP contribution in [0.3, 0.4) is 0 Å². The molecule has 0 bridgehead atoms. The number of hydrogen-bond acceptors (Lipinski definition) is 4. The third kappa shape index (κ3) is 6.12. The SMILES string of the molecule is CCCN(CC[C@H](C)CC)c1nccnc1Nc1ccc(C(F)(F)F)cc1. The summed E-state index contributed by atoms with van der Waals surface area (Å²) in [6, 6.07) is 4.94. The van der Waals surface area contributed by atoms with Gasteiger partial charge < -0.3 is 10.2 Å². The summed E-state index contributed by atoms with van der Waals surface area (Å²) >= 11 is 0. The third-order valence-electron chi connectivity index (χ3n) is 4.54. The van der Waals surface area contributed by atoms with Crippen molar-refractivity contribution in [3.05, 3.63) is 42.2 Å². The molecule has 1 atom stereocenters. The second kappa shape index (κ2) is 9.58. The maximum Gasteiger partial charge on any atom is 0.416 e. The Balaban J connectivity index is 2.20. The van der Waals surface area contributed by atoms with Crippen molar-refractivity contribution in [2.24, 2.45) is 5.92 Å². The maximum atomic E-state index is 12.7. The molecule has 27 heavy (non-hydrogen) atoms. The molecule has 1 N–H and O–H groups in total. The Hall–Kier alpha value is -2.31. The Morgan fingerprint density at radius 2 is 1.70 bits per heavy atom. The number of nitrogens with one attached hydrogen (secondary N) is 1. The van der Waals surface area contributed by atoms with Gasteiger partial charge in [0.15, 0.2) is 11.6 Å². The topological polar surface area (TPSA) is 41.1 Å². The maximum absolute atomic E-state index is 12.7. The predicted molar refractivity (Wildman–Crippen MR) is 103 cm³/mol. The fourth-order valence-corrected chi connectivity index (χ4v) is 2.70. The number of anilines is 3. The van der Waals surface area contributed by atoms with Crippen molar-refractivity contribution >= 4 is 17.3 Å². The van der Waals surface area contributed by atoms with Crippen LogP contribution in [-0.4, -0.2) is 23.1 Å². The van der Waals surface area contributed by atoms with Gasteiger partial charge >= 0.3 is 6.18 Å². The van der Waals surface area contributed by atoms with E-state index < -0.39 is 11.7 Å². The Morgan fingerprint density at radius 3 is 2.30 bits per heavy atom. The molecule has 0 unspecified atom stereocenters. The van der Waals surface area contributed by atoms with Gasteiger partial charge in [-0.1, -0.05) is 27.2 Å². The normalized spacial score (nSPS) is 12.7. The first-order chi connectivity index (χ1) is 12.8. The standard InChI is InChI=1S/C20H27F3N4/c1-4-13-27(14-10-15(3)5-2)19-18(24-11-12-25-19)26-17-8-6-16(7-9-17)20(21,22)23/h6-9,11-12,15H,4-5,10,13-14H2,1-3H3,(H,24,26)/t15-/m1/s1. The van der Waals surface area contributed by atoms with Gasteiger partial charge in [0.05, 0.1) is 5.56 Å². The smallest absolute Gasteiger partial charge is 0.354 e. The highest BCUT2D eigenvalue weighted by Crippen LogP contribution is 2.31. The van der Waals surface area contributed by atoms with Crippen LogP contribution in [0.1, 0.15) is 45.6 Å². The van der Waals surface area contributed by atoms with E-state index in [-0.39, 0.29) is 0 Å². The minimum absolute atomic E-state index is 0.545. The molecule has 4 nitrogen and oxygen atoms in total. The average Bonchev–Trinajstić information content (AvgIpc) is 2.65. The number of alkyl halides is 3. The van der Waals surface area contributed by atoms with Gasteiger partial charge in [0.1, 0.15) is 0 Å². The lowest BCUT2D eigenvalue weighted by Crippen LogP contribution is -2.28. The first-order valence-electron chi connectivity index (χ1n) is 9.35. The molecule has 2 rings (SSSR count). The highest BCUT2D eigenvalue weighted by atomic mass is 19.4. The van der Waals surface area contributed by atoms with Crippen LogP contribution >= 0.6 is 0 Å². The average molecular weight is 380 g/mol. The molecule has 0 saturated heterocycles. The van der Waals surface area contributed by atoms with Crippen molar-refractivity contribution in [1.29, 1.82) is 0 Å². The Labute approximate surface area is 158 Å². The number of aromatic nitrogens is 2. The molecule has 0 aliphatic carbocycles. The molecular weight excluding hydrogens is 353 g/mol. The van der Waals surface area contributed by atoms with Crippen LogP contribution in [0.2, 0.25) is 0 Å². The van der Waals surface area contributed by atoms with Crippen LogP contribution in [0, 0.1) is 5.92 Å². The minimum atomic E-state index is -4.34. The zero-order valence-electron chi connectivity index (χ0n) is 16.1. The molecule has 0 saturated carbocycles. The van der Waals surface area contributed by atoms with E-state index in [9.17, 15) is 13.2 Å². The molecule has 2 aromatic rings. The van der Waals surface area contributed by atoms with E-state index in [0.29, 0.717) is 17.4 Å². The van der Waals surface area contributed by atoms with Crippen molar-refractivity contribution in [3.63, 3.8) is 0 Å². The van der Waals surface area contributed by atoms with Crippen LogP contribution in [0.15, 0.2) is 36.7 Å². The quantitative estimate of drug-likeness (QED) is 0.589. The van der Waals surface area contributed by atoms with Gasteiger partial charge in [-0.25, -0.2) is 9.97 Å². The largest absolute Gasteiger partial charge is 0.416 e. The zero-order chi connectivity index (χ0) is 19.9. The number of halogens is 3. The van der Waals surface area contributed by atoms with Crippen LogP contribution in [0.4, 0.5) is 30.5 Å². The van der Waals surface area contributed by atoms with E-state index in [2.05, 4.69) is 41.0 Å². The van der Waals surface area contributed by atoms with E-state index in [0.717, 1.165) is 50.3 Å². The van der Waals surface area contributed by atoms with E-state index in [1.165, 1.54) is 12.1 Å². The van der Waals surface area contributed by atoms with Gasteiger partial charge in [-0.3, -0.25) is 0 Å². The van der Waals surface area contributed by atoms with Crippen LogP contribution in [0.25, 0.3) is 0 Å². The lowest BCUT2D eigenvalue weighted by Gasteiger charge is -2.26. The van der Waals surface area contributed by atoms with Crippen molar-refractivity contribution in [1.82, 2.24) is 9.97 Å². The molecule has 0 spiro atoms. The fourth-order valence-electron chi connectivity index (χ4n) is 2.70. The molecule has 7 heteroatoms. The van der Waals surface area contributed by atoms with Crippen molar-refractivity contribution in [3.8, 4) is 0 Å². The highest BCUT2D eigenvalue weighted by molar-refractivity contribution is 5.68. The molecule has 1 aromatic carbocycles. The summed E-state index contributed by atoms with van der Waals surface area (Å²) in [5.41, 5.74) is -0.128. The highest BCUT2D eigenvalue weighted by Gasteiger charge is 2.30. The number of rotatable bonds is 9. The lowest BCUT2D eigenvalue weighted by atomic mass is 10.1. The summed E-state index contributed by atoms with van der Waals surface area (Å²) in [4.78, 5) is 11.0. The molecule has 0 amide bonds. The molecule has 1 heterocycles. The molecule has 1 aromatic heterocycles. The second-order valence-electron chi connectivity index (χ2n) is 6.72. The van der Waals surface area contributed by atoms with Gasteiger partial charge in [-0.15, -0.1) is 0 Å². The zero-order valence-corrected chi connectivity index (χ0v) is 16.1. The van der Waals surface area contributed by atoms with Gasteiger partial charge in [0.2, 0.25) is 0 Å². The van der Waals surface area contributed by atoms with Gasteiger partial charge in [-0.05, 0) is 43.0 Å². The molecular formula is C20H27F3N4. The fraction of sp³-hybridized carbons (Fsp3) is 0.500. The first kappa shape index (κ1) is 21.0. The van der Waals surface area contributed by atoms with Crippen molar-refractivity contribution in [2.75, 3.05) is 23.3 Å². The summed E-state index contributed by atoms with van der Waals surface area (Å²) in [6.07, 6.45) is 2.01. The summed E-state index contributed by atoms with van der Waals surface area (Å²) in [7, 11) is 0. The Morgan fingerprint density at radius 1 is 1.04 bits per heavy atom. The monoisotopic (exact) mass is 380 g/mol. The van der Waals surface area contributed by atoms with Crippen LogP contribution < -0.4 is 10.2 Å². The summed E-state index contributed by atoms with van der Waals surface area (Å²) < 4.78 is 38.2. The summed E-state index contributed by atoms with van der Waals surface area (Å²) in [5, 5.41) is 3.11. The number of hydrogen-bond donors (Lipinski definition) is 1. The second-order valence-corrected chi connectivity index (χ2v) is 6.72. The predicted octanol–water partition coefficient (Wildman–Crippen LogP) is 5.89. The van der Waals surface area contributed by atoms with Crippen molar-refractivity contribution in [2.45, 2.75) is 46.2 Å². The molecule has 0 radical (unpaired) electrons. The number of nitrogens with zero attached hydrogens (tertiary/aromatic N) is 3. The summed E-state index contributed by atoms with van der Waals surface area (Å²) in [5.74, 6) is 1.89. The lowest BCUT2D eigenvalue weighted by molar-refractivity contribution is -0.137. The molecule has 0 aliphatic rings. The van der Waals surface area contributed by atoms with Crippen LogP contribution in [0.5, 0.6) is 0 Å². The van der Waals surface area contributed by atoms with Crippen molar-refractivity contribution < 1.29 is 13.2 Å². The summed E-state index contributed by atoms with van der Waals surface area (Å²) in [6.45, 7) is 8.21. The number of benzene rings is 1. The molecule has 0 fully saturated rings. The van der Waals surface area contributed by atoms with E-state index in [1.807, 2.05) is 0 Å². The Kier molecular flexibility index (Phi) is 7.45. The van der Waals surface area contributed by atoms with E-state index in [4.69, 9.17) is 0 Å². The van der Waals surface area contributed by atoms with Gasteiger partial charge in [0, 0.05) is 31.2 Å². The minimum Gasteiger partial charge on any atom is -0.354 e. The Bertz CT molecular complexity index is 701. The van der Waals surface area contributed by atoms with E-state index >= 15 is 0 Å². The third-order valence-corrected chi connectivity index (χ3v) is 4.54. The molecule has 0 aliphatic heterocycles. The van der Waals surface area contributed by atoms with E-state index in [1.54, 1.807) is 12.4 Å². The van der Waals surface area contributed by atoms with Crippen LogP contribution in [-0.2, 0) is 6.18 Å². The van der Waals surface area contributed by atoms with Gasteiger partial charge in [0.25, 0.3) is 0 Å². The first-order valence-corrected chi connectivity index (χ1v) is 9.35. The van der Waals surface area contributed by atoms with Gasteiger partial charge in [-0.2, -0.15) is 13.2 Å².